The van der Waals surface area contributed by atoms with Crippen molar-refractivity contribution in [2.45, 2.75) is 30.8 Å². The first-order chi connectivity index (χ1) is 19.6. The zero-order chi connectivity index (χ0) is 27.2. The molecule has 2 heterocycles. The second-order valence-electron chi connectivity index (χ2n) is 11.0. The van der Waals surface area contributed by atoms with Crippen molar-refractivity contribution in [1.29, 1.82) is 0 Å². The van der Waals surface area contributed by atoms with Gasteiger partial charge < -0.3 is 14.2 Å². The maximum Gasteiger partial charge on any atom is 0.410 e. The van der Waals surface area contributed by atoms with Crippen LogP contribution in [0.1, 0.15) is 40.2 Å². The van der Waals surface area contributed by atoms with E-state index in [1.807, 2.05) is 65.6 Å². The molecule has 0 saturated carbocycles. The van der Waals surface area contributed by atoms with Crippen LogP contribution in [0.3, 0.4) is 0 Å². The molecule has 0 radical (unpaired) electrons. The third-order valence-corrected chi connectivity index (χ3v) is 8.80. The summed E-state index contributed by atoms with van der Waals surface area (Å²) in [4.78, 5) is 29.4. The lowest BCUT2D eigenvalue weighted by atomic mass is 9.80. The van der Waals surface area contributed by atoms with E-state index in [0.29, 0.717) is 37.4 Å². The van der Waals surface area contributed by atoms with E-state index in [2.05, 4.69) is 24.3 Å². The molecule has 2 fully saturated rings. The van der Waals surface area contributed by atoms with Crippen molar-refractivity contribution < 1.29 is 23.8 Å². The van der Waals surface area contributed by atoms with E-state index in [1.54, 1.807) is 7.11 Å². The van der Waals surface area contributed by atoms with Crippen LogP contribution in [0.2, 0.25) is 0 Å². The summed E-state index contributed by atoms with van der Waals surface area (Å²) in [6.07, 6.45) is 0.742. The number of morpholine rings is 1. The van der Waals surface area contributed by atoms with Gasteiger partial charge in [-0.25, -0.2) is 4.79 Å². The zero-order valence-corrected chi connectivity index (χ0v) is 22.4. The largest absolute Gasteiger partial charge is 0.496 e. The fraction of sp³-hybridized carbons (Fsp3) is 0.294. The summed E-state index contributed by atoms with van der Waals surface area (Å²) in [6, 6.07) is 28.0. The molecule has 0 N–H and O–H groups in total. The van der Waals surface area contributed by atoms with Crippen LogP contribution in [0.15, 0.2) is 84.9 Å². The number of methoxy groups -OCH3 is 1. The number of piperidine rings is 1. The number of Topliss-reactive ketones (excluding diaryl/α,β-unsaturated/α-hetero) is 1. The Morgan fingerprint density at radius 2 is 1.45 bits per heavy atom. The average Bonchev–Trinajstić information content (AvgIpc) is 3.31. The van der Waals surface area contributed by atoms with Gasteiger partial charge in [0.2, 0.25) is 0 Å². The molecule has 2 bridgehead atoms. The Morgan fingerprint density at radius 1 is 0.825 bits per heavy atom. The highest BCUT2D eigenvalue weighted by molar-refractivity contribution is 6.11. The Balaban J connectivity index is 1.10. The van der Waals surface area contributed by atoms with Gasteiger partial charge in [0.25, 0.3) is 0 Å². The van der Waals surface area contributed by atoms with Crippen LogP contribution in [0.25, 0.3) is 21.9 Å². The molecule has 40 heavy (non-hydrogen) atoms. The molecule has 1 amide bonds. The van der Waals surface area contributed by atoms with Gasteiger partial charge in [0.1, 0.15) is 12.4 Å². The first-order valence-electron chi connectivity index (χ1n) is 13.9. The molecule has 2 unspecified atom stereocenters. The minimum atomic E-state index is -0.325. The Bertz CT molecular complexity index is 1550. The molecule has 6 heteroatoms. The molecule has 7 rings (SSSR count). The smallest absolute Gasteiger partial charge is 0.410 e. The predicted octanol–water partition coefficient (Wildman–Crippen LogP) is 6.46. The highest BCUT2D eigenvalue weighted by Gasteiger charge is 2.45. The summed E-state index contributed by atoms with van der Waals surface area (Å²) < 4.78 is 17.5. The van der Waals surface area contributed by atoms with Gasteiger partial charge >= 0.3 is 6.09 Å². The third-order valence-electron chi connectivity index (χ3n) is 8.80. The van der Waals surface area contributed by atoms with Gasteiger partial charge in [-0.2, -0.15) is 0 Å². The number of rotatable bonds is 5. The van der Waals surface area contributed by atoms with Crippen molar-refractivity contribution in [1.82, 2.24) is 4.90 Å². The highest BCUT2D eigenvalue weighted by atomic mass is 16.6. The lowest BCUT2D eigenvalue weighted by molar-refractivity contribution is -0.0747. The highest BCUT2D eigenvalue weighted by Crippen LogP contribution is 2.45. The first-order valence-corrected chi connectivity index (χ1v) is 13.9. The maximum absolute atomic E-state index is 14.0. The van der Waals surface area contributed by atoms with Gasteiger partial charge in [-0.3, -0.25) is 9.69 Å². The Morgan fingerprint density at radius 3 is 2.12 bits per heavy atom. The molecule has 202 valence electrons. The van der Waals surface area contributed by atoms with Crippen molar-refractivity contribution in [2.75, 3.05) is 26.9 Å². The molecule has 2 atom stereocenters. The van der Waals surface area contributed by atoms with E-state index in [0.717, 1.165) is 10.8 Å². The van der Waals surface area contributed by atoms with Crippen molar-refractivity contribution in [3.05, 3.63) is 102 Å². The Hall–Kier alpha value is -4.16. The third kappa shape index (κ3) is 4.06. The van der Waals surface area contributed by atoms with Gasteiger partial charge in [0.05, 0.1) is 38.0 Å². The van der Waals surface area contributed by atoms with Crippen molar-refractivity contribution >= 4 is 22.6 Å². The molecule has 0 aromatic heterocycles. The normalized spacial score (nSPS) is 21.5. The van der Waals surface area contributed by atoms with E-state index in [-0.39, 0.29) is 42.4 Å². The van der Waals surface area contributed by atoms with Gasteiger partial charge in [-0.15, -0.1) is 0 Å². The van der Waals surface area contributed by atoms with E-state index < -0.39 is 0 Å². The number of hydrogen-bond donors (Lipinski definition) is 0. The SMILES string of the molecule is COc1ccc2ccccc2c1C(=O)C1CC2COCC(C1)N2C(=O)OCC1c2ccccc2-c2ccccc21. The van der Waals surface area contributed by atoms with E-state index in [9.17, 15) is 9.59 Å². The number of carbonyl (C=O) groups excluding carboxylic acids is 2. The quantitative estimate of drug-likeness (QED) is 0.276. The molecule has 6 nitrogen and oxygen atoms in total. The molecule has 0 spiro atoms. The topological polar surface area (TPSA) is 65.1 Å². The van der Waals surface area contributed by atoms with Crippen LogP contribution in [-0.2, 0) is 9.47 Å². The number of carbonyl (C=O) groups is 2. The molecular weight excluding hydrogens is 502 g/mol. The number of amides is 1. The number of benzene rings is 4. The van der Waals surface area contributed by atoms with Gasteiger partial charge in [-0.05, 0) is 51.9 Å². The predicted molar refractivity (Wildman–Crippen MR) is 153 cm³/mol. The summed E-state index contributed by atoms with van der Waals surface area (Å²) in [5.74, 6) is 0.434. The van der Waals surface area contributed by atoms with Crippen LogP contribution in [0.5, 0.6) is 5.75 Å². The number of fused-ring (bicyclic) bond motifs is 6. The van der Waals surface area contributed by atoms with Gasteiger partial charge in [0, 0.05) is 11.8 Å². The molecule has 2 aliphatic heterocycles. The summed E-state index contributed by atoms with van der Waals surface area (Å²) in [7, 11) is 1.60. The molecular formula is C34H31NO5. The van der Waals surface area contributed by atoms with Crippen LogP contribution in [0.4, 0.5) is 4.79 Å². The van der Waals surface area contributed by atoms with Crippen LogP contribution < -0.4 is 4.74 Å². The summed E-state index contributed by atoms with van der Waals surface area (Å²) in [5.41, 5.74) is 5.40. The molecule has 4 aromatic carbocycles. The van der Waals surface area contributed by atoms with Crippen LogP contribution >= 0.6 is 0 Å². The van der Waals surface area contributed by atoms with Crippen molar-refractivity contribution in [3.63, 3.8) is 0 Å². The number of nitrogens with zero attached hydrogens (tertiary/aromatic N) is 1. The van der Waals surface area contributed by atoms with Crippen molar-refractivity contribution in [3.8, 4) is 16.9 Å². The van der Waals surface area contributed by atoms with Crippen LogP contribution in [-0.4, -0.2) is 55.8 Å². The van der Waals surface area contributed by atoms with Crippen molar-refractivity contribution in [2.24, 2.45) is 5.92 Å². The van der Waals surface area contributed by atoms with Crippen LogP contribution in [0, 0.1) is 5.92 Å². The minimum Gasteiger partial charge on any atom is -0.496 e. The second kappa shape index (κ2) is 10.1. The monoisotopic (exact) mass is 533 g/mol. The first kappa shape index (κ1) is 24.9. The fourth-order valence-electron chi connectivity index (χ4n) is 6.98. The zero-order valence-electron chi connectivity index (χ0n) is 22.4. The summed E-state index contributed by atoms with van der Waals surface area (Å²) in [5, 5.41) is 1.90. The van der Waals surface area contributed by atoms with E-state index in [1.165, 1.54) is 22.3 Å². The second-order valence-corrected chi connectivity index (χ2v) is 11.0. The molecule has 2 saturated heterocycles. The summed E-state index contributed by atoms with van der Waals surface area (Å²) >= 11 is 0. The van der Waals surface area contributed by atoms with Gasteiger partial charge in [0.15, 0.2) is 5.78 Å². The maximum atomic E-state index is 14.0. The van der Waals surface area contributed by atoms with E-state index in [4.69, 9.17) is 14.2 Å². The average molecular weight is 534 g/mol. The summed E-state index contributed by atoms with van der Waals surface area (Å²) in [6.45, 7) is 1.08. The Labute approximate surface area is 233 Å². The lowest BCUT2D eigenvalue weighted by Gasteiger charge is -2.47. The molecule has 4 aromatic rings. The lowest BCUT2D eigenvalue weighted by Crippen LogP contribution is -2.60. The van der Waals surface area contributed by atoms with Gasteiger partial charge in [-0.1, -0.05) is 78.9 Å². The fourth-order valence-corrected chi connectivity index (χ4v) is 6.98. The number of ether oxygens (including phenoxy) is 3. The molecule has 3 aliphatic rings. The minimum absolute atomic E-state index is 0.00499. The number of ketones is 1. The van der Waals surface area contributed by atoms with E-state index >= 15 is 0 Å². The number of hydrogen-bond acceptors (Lipinski definition) is 5. The Kier molecular flexibility index (Phi) is 6.28. The standard InChI is InChI=1S/C34H31NO5/c1-38-31-15-14-21-8-2-3-9-25(21)32(31)33(36)22-16-23-18-39-19-24(17-22)35(23)34(37)40-20-30-28-12-6-4-10-26(28)27-11-5-7-13-29(27)30/h2-15,22-24,30H,16-20H2,1H3. The molecule has 1 aliphatic carbocycles.